The highest BCUT2D eigenvalue weighted by Crippen LogP contribution is 2.19. The molecule has 0 bridgehead atoms. The lowest BCUT2D eigenvalue weighted by molar-refractivity contribution is -0.116. The Morgan fingerprint density at radius 2 is 2.17 bits per heavy atom. The maximum Gasteiger partial charge on any atom is 0.227 e. The second kappa shape index (κ2) is 6.66. The summed E-state index contributed by atoms with van der Waals surface area (Å²) in [4.78, 5) is 16.0. The lowest BCUT2D eigenvalue weighted by Crippen LogP contribution is -2.13. The smallest absolute Gasteiger partial charge is 0.227 e. The van der Waals surface area contributed by atoms with E-state index in [0.717, 1.165) is 23.8 Å². The van der Waals surface area contributed by atoms with E-state index in [9.17, 15) is 13.6 Å². The lowest BCUT2D eigenvalue weighted by Gasteiger charge is -2.05. The number of nitrogens with zero attached hydrogens (tertiary/aromatic N) is 2. The molecule has 1 aromatic carbocycles. The van der Waals surface area contributed by atoms with E-state index in [1.807, 2.05) is 16.8 Å². The average molecular weight is 335 g/mol. The van der Waals surface area contributed by atoms with Crippen molar-refractivity contribution in [2.45, 2.75) is 12.8 Å². The number of amides is 1. The van der Waals surface area contributed by atoms with Crippen molar-refractivity contribution in [2.24, 2.45) is 0 Å². The first-order valence-corrected chi connectivity index (χ1v) is 7.66. The van der Waals surface area contributed by atoms with Crippen LogP contribution in [0.25, 0.3) is 11.4 Å². The number of carbonyl (C=O) groups excluding carboxylic acids is 1. The quantitative estimate of drug-likeness (QED) is 0.773. The van der Waals surface area contributed by atoms with E-state index >= 15 is 0 Å². The number of aromatic nitrogens is 2. The third-order valence-electron chi connectivity index (χ3n) is 3.02. The van der Waals surface area contributed by atoms with Gasteiger partial charge in [0.05, 0.1) is 5.69 Å². The van der Waals surface area contributed by atoms with Crippen LogP contribution >= 0.6 is 11.3 Å². The Kier molecular flexibility index (Phi) is 4.42. The van der Waals surface area contributed by atoms with Crippen LogP contribution in [0, 0.1) is 11.6 Å². The molecule has 1 amide bonds. The zero-order valence-corrected chi connectivity index (χ0v) is 12.6. The van der Waals surface area contributed by atoms with Crippen molar-refractivity contribution < 1.29 is 18.1 Å². The first-order valence-electron chi connectivity index (χ1n) is 6.72. The summed E-state index contributed by atoms with van der Waals surface area (Å²) in [6.07, 6.45) is 0.223. The average Bonchev–Trinajstić information content (AvgIpc) is 3.19. The topological polar surface area (TPSA) is 68.0 Å². The van der Waals surface area contributed by atoms with Crippen molar-refractivity contribution in [2.75, 3.05) is 5.32 Å². The fourth-order valence-electron chi connectivity index (χ4n) is 1.89. The number of hydrogen-bond donors (Lipinski definition) is 1. The number of anilines is 1. The van der Waals surface area contributed by atoms with Gasteiger partial charge < -0.3 is 9.84 Å². The molecule has 0 saturated carbocycles. The second-order valence-corrected chi connectivity index (χ2v) is 5.48. The monoisotopic (exact) mass is 335 g/mol. The first kappa shape index (κ1) is 15.3. The minimum Gasteiger partial charge on any atom is -0.339 e. The molecule has 0 unspecified atom stereocenters. The summed E-state index contributed by atoms with van der Waals surface area (Å²) < 4.78 is 31.5. The number of halogens is 2. The van der Waals surface area contributed by atoms with Crippen LogP contribution in [0.5, 0.6) is 0 Å². The van der Waals surface area contributed by atoms with Crippen LogP contribution < -0.4 is 5.32 Å². The summed E-state index contributed by atoms with van der Waals surface area (Å²) in [6.45, 7) is 0. The van der Waals surface area contributed by atoms with E-state index in [1.54, 1.807) is 0 Å². The molecule has 0 spiro atoms. The molecule has 3 rings (SSSR count). The standard InChI is InChI=1S/C15H11F2N3O2S/c16-10-1-2-11(17)12(7-10)18-13(21)3-4-14-19-15(20-22-14)9-5-6-23-8-9/h1-2,5-8H,3-4H2,(H,18,21). The molecule has 0 atom stereocenters. The van der Waals surface area contributed by atoms with Crippen molar-refractivity contribution in [1.29, 1.82) is 0 Å². The Morgan fingerprint density at radius 3 is 2.96 bits per heavy atom. The van der Waals surface area contributed by atoms with Crippen LogP contribution in [0.4, 0.5) is 14.5 Å². The summed E-state index contributed by atoms with van der Waals surface area (Å²) in [5.41, 5.74) is 0.649. The van der Waals surface area contributed by atoms with E-state index in [4.69, 9.17) is 4.52 Å². The zero-order chi connectivity index (χ0) is 16.2. The predicted octanol–water partition coefficient (Wildman–Crippen LogP) is 3.65. The second-order valence-electron chi connectivity index (χ2n) is 4.70. The number of benzene rings is 1. The number of thiophene rings is 1. The first-order chi connectivity index (χ1) is 11.1. The number of rotatable bonds is 5. The molecule has 0 aliphatic rings. The molecule has 0 aliphatic heterocycles. The normalized spacial score (nSPS) is 10.7. The number of aryl methyl sites for hydroxylation is 1. The van der Waals surface area contributed by atoms with Gasteiger partial charge in [-0.15, -0.1) is 0 Å². The molecule has 0 aliphatic carbocycles. The molecular weight excluding hydrogens is 324 g/mol. The van der Waals surface area contributed by atoms with Crippen LogP contribution in [0.1, 0.15) is 12.3 Å². The molecule has 118 valence electrons. The summed E-state index contributed by atoms with van der Waals surface area (Å²) in [5.74, 6) is -1.03. The molecular formula is C15H11F2N3O2S. The van der Waals surface area contributed by atoms with Crippen LogP contribution in [0.2, 0.25) is 0 Å². The minimum absolute atomic E-state index is 0.0151. The van der Waals surface area contributed by atoms with Crippen molar-refractivity contribution in [3.8, 4) is 11.4 Å². The van der Waals surface area contributed by atoms with Crippen molar-refractivity contribution in [1.82, 2.24) is 10.1 Å². The van der Waals surface area contributed by atoms with Gasteiger partial charge in [0, 0.05) is 29.9 Å². The molecule has 0 saturated heterocycles. The Hall–Kier alpha value is -2.61. The summed E-state index contributed by atoms with van der Waals surface area (Å²) >= 11 is 1.51. The van der Waals surface area contributed by atoms with Gasteiger partial charge in [0.1, 0.15) is 11.6 Å². The summed E-state index contributed by atoms with van der Waals surface area (Å²) in [6, 6.07) is 4.72. The third kappa shape index (κ3) is 3.78. The predicted molar refractivity (Wildman–Crippen MR) is 80.9 cm³/mol. The fourth-order valence-corrected chi connectivity index (χ4v) is 2.53. The van der Waals surface area contributed by atoms with Gasteiger partial charge in [-0.3, -0.25) is 4.79 Å². The summed E-state index contributed by atoms with van der Waals surface area (Å²) in [7, 11) is 0. The van der Waals surface area contributed by atoms with Crippen LogP contribution in [-0.2, 0) is 11.2 Å². The fraction of sp³-hybridized carbons (Fsp3) is 0.133. The van der Waals surface area contributed by atoms with Crippen LogP contribution in [0.3, 0.4) is 0 Å². The lowest BCUT2D eigenvalue weighted by atomic mass is 10.2. The van der Waals surface area contributed by atoms with Crippen molar-refractivity contribution in [3.63, 3.8) is 0 Å². The molecule has 0 fully saturated rings. The third-order valence-corrected chi connectivity index (χ3v) is 3.70. The van der Waals surface area contributed by atoms with E-state index in [2.05, 4.69) is 15.5 Å². The number of nitrogens with one attached hydrogen (secondary N) is 1. The molecule has 2 aromatic heterocycles. The van der Waals surface area contributed by atoms with Gasteiger partial charge in [0.2, 0.25) is 17.6 Å². The van der Waals surface area contributed by atoms with Crippen LogP contribution in [0.15, 0.2) is 39.5 Å². The van der Waals surface area contributed by atoms with Gasteiger partial charge in [0.25, 0.3) is 0 Å². The highest BCUT2D eigenvalue weighted by Gasteiger charge is 2.12. The SMILES string of the molecule is O=C(CCc1nc(-c2ccsc2)no1)Nc1cc(F)ccc1F. The minimum atomic E-state index is -0.697. The van der Waals surface area contributed by atoms with E-state index < -0.39 is 17.5 Å². The molecule has 3 aromatic rings. The van der Waals surface area contributed by atoms with Gasteiger partial charge in [0.15, 0.2) is 0 Å². The largest absolute Gasteiger partial charge is 0.339 e. The Morgan fingerprint density at radius 1 is 1.30 bits per heavy atom. The van der Waals surface area contributed by atoms with Crippen LogP contribution in [-0.4, -0.2) is 16.0 Å². The Balaban J connectivity index is 1.58. The van der Waals surface area contributed by atoms with E-state index in [-0.39, 0.29) is 18.5 Å². The molecule has 8 heteroatoms. The molecule has 5 nitrogen and oxygen atoms in total. The van der Waals surface area contributed by atoms with Gasteiger partial charge in [-0.25, -0.2) is 8.78 Å². The molecule has 2 heterocycles. The van der Waals surface area contributed by atoms with Gasteiger partial charge in [-0.1, -0.05) is 5.16 Å². The Labute approximate surface area is 134 Å². The van der Waals surface area contributed by atoms with E-state index in [0.29, 0.717) is 11.7 Å². The van der Waals surface area contributed by atoms with Gasteiger partial charge in [-0.2, -0.15) is 16.3 Å². The molecule has 0 radical (unpaired) electrons. The maximum absolute atomic E-state index is 13.4. The number of carbonyl (C=O) groups is 1. The summed E-state index contributed by atoms with van der Waals surface area (Å²) in [5, 5.41) is 9.92. The maximum atomic E-state index is 13.4. The zero-order valence-electron chi connectivity index (χ0n) is 11.8. The Bertz CT molecular complexity index is 818. The van der Waals surface area contributed by atoms with Crippen molar-refractivity contribution >= 4 is 22.9 Å². The van der Waals surface area contributed by atoms with E-state index in [1.165, 1.54) is 11.3 Å². The van der Waals surface area contributed by atoms with Crippen molar-refractivity contribution in [3.05, 3.63) is 52.6 Å². The highest BCUT2D eigenvalue weighted by atomic mass is 32.1. The molecule has 1 N–H and O–H groups in total. The highest BCUT2D eigenvalue weighted by molar-refractivity contribution is 7.08. The van der Waals surface area contributed by atoms with Gasteiger partial charge >= 0.3 is 0 Å². The number of hydrogen-bond acceptors (Lipinski definition) is 5. The van der Waals surface area contributed by atoms with Gasteiger partial charge in [-0.05, 0) is 23.6 Å². The molecule has 23 heavy (non-hydrogen) atoms.